The molecular weight excluding hydrogens is 382 g/mol. The maximum Gasteiger partial charge on any atom is 0.342 e. The fraction of sp³-hybridized carbons (Fsp3) is 0.391. The number of amides is 2. The summed E-state index contributed by atoms with van der Waals surface area (Å²) in [7, 11) is 1.83. The second kappa shape index (κ2) is 11.1. The lowest BCUT2D eigenvalue weighted by Gasteiger charge is -2.17. The predicted molar refractivity (Wildman–Crippen MR) is 120 cm³/mol. The van der Waals surface area contributed by atoms with Crippen molar-refractivity contribution in [2.45, 2.75) is 52.7 Å². The summed E-state index contributed by atoms with van der Waals surface area (Å²) in [6.45, 7) is 7.59. The Morgan fingerprint density at radius 1 is 0.967 bits per heavy atom. The molecule has 3 N–H and O–H groups in total. The Morgan fingerprint density at radius 3 is 2.17 bits per heavy atom. The number of hydrogen-bond donors (Lipinski definition) is 3. The molecule has 0 aliphatic heterocycles. The Bertz CT molecular complexity index is 846. The van der Waals surface area contributed by atoms with Gasteiger partial charge >= 0.3 is 12.0 Å². The molecule has 2 aromatic carbocycles. The maximum atomic E-state index is 12.6. The van der Waals surface area contributed by atoms with Gasteiger partial charge in [-0.3, -0.25) is 0 Å². The van der Waals surface area contributed by atoms with Crippen LogP contribution in [0, 0.1) is 0 Å². The highest BCUT2D eigenvalue weighted by molar-refractivity contribution is 5.96. The van der Waals surface area contributed by atoms with E-state index < -0.39 is 5.97 Å². The normalized spacial score (nSPS) is 10.6. The lowest BCUT2D eigenvalue weighted by atomic mass is 10.1. The first-order valence-corrected chi connectivity index (χ1v) is 10.2. The van der Waals surface area contributed by atoms with Crippen molar-refractivity contribution < 1.29 is 19.1 Å². The smallest absolute Gasteiger partial charge is 0.342 e. The minimum Gasteiger partial charge on any atom is -0.459 e. The largest absolute Gasteiger partial charge is 0.459 e. The van der Waals surface area contributed by atoms with E-state index in [-0.39, 0.29) is 23.7 Å². The van der Waals surface area contributed by atoms with E-state index in [1.165, 1.54) is 0 Å². The van der Waals surface area contributed by atoms with Gasteiger partial charge in [-0.2, -0.15) is 0 Å². The van der Waals surface area contributed by atoms with Gasteiger partial charge in [0.2, 0.25) is 0 Å². The first-order chi connectivity index (χ1) is 14.4. The van der Waals surface area contributed by atoms with Crippen LogP contribution in [0.3, 0.4) is 0 Å². The molecule has 162 valence electrons. The lowest BCUT2D eigenvalue weighted by molar-refractivity contribution is 0.0375. The molecule has 7 heteroatoms. The summed E-state index contributed by atoms with van der Waals surface area (Å²) in [5.41, 5.74) is 1.67. The topological polar surface area (TPSA) is 88.7 Å². The third kappa shape index (κ3) is 6.69. The number of carbonyl (C=O) groups is 2. The van der Waals surface area contributed by atoms with Gasteiger partial charge in [0.1, 0.15) is 17.1 Å². The van der Waals surface area contributed by atoms with E-state index in [4.69, 9.17) is 9.47 Å². The third-order valence-electron chi connectivity index (χ3n) is 4.49. The molecule has 7 nitrogen and oxygen atoms in total. The van der Waals surface area contributed by atoms with E-state index in [1.54, 1.807) is 44.2 Å². The van der Waals surface area contributed by atoms with Crippen molar-refractivity contribution in [2.24, 2.45) is 0 Å². The van der Waals surface area contributed by atoms with Gasteiger partial charge in [-0.25, -0.2) is 9.59 Å². The average molecular weight is 414 g/mol. The number of esters is 1. The van der Waals surface area contributed by atoms with Crippen LogP contribution in [0.1, 0.15) is 50.9 Å². The zero-order valence-electron chi connectivity index (χ0n) is 18.2. The zero-order chi connectivity index (χ0) is 22.1. The quantitative estimate of drug-likeness (QED) is 0.479. The van der Waals surface area contributed by atoms with Crippen molar-refractivity contribution in [3.8, 4) is 11.5 Å². The summed E-state index contributed by atoms with van der Waals surface area (Å²) in [6, 6.07) is 12.0. The number of urea groups is 1. The molecule has 0 aliphatic carbocycles. The van der Waals surface area contributed by atoms with Gasteiger partial charge in [0, 0.05) is 24.5 Å². The zero-order valence-corrected chi connectivity index (χ0v) is 18.2. The average Bonchev–Trinajstić information content (AvgIpc) is 2.73. The van der Waals surface area contributed by atoms with Gasteiger partial charge in [0.15, 0.2) is 0 Å². The van der Waals surface area contributed by atoms with Crippen LogP contribution in [-0.4, -0.2) is 31.2 Å². The maximum absolute atomic E-state index is 12.6. The minimum atomic E-state index is -0.518. The van der Waals surface area contributed by atoms with Crippen LogP contribution < -0.4 is 20.7 Å². The van der Waals surface area contributed by atoms with Gasteiger partial charge in [-0.05, 0) is 69.2 Å². The molecule has 0 spiro atoms. The number of rotatable bonds is 9. The second-order valence-corrected chi connectivity index (χ2v) is 7.15. The molecule has 2 amide bonds. The molecule has 30 heavy (non-hydrogen) atoms. The number of nitrogens with one attached hydrogen (secondary N) is 3. The van der Waals surface area contributed by atoms with E-state index in [0.717, 1.165) is 18.5 Å². The highest BCUT2D eigenvalue weighted by Crippen LogP contribution is 2.29. The highest BCUT2D eigenvalue weighted by Gasteiger charge is 2.18. The van der Waals surface area contributed by atoms with Crippen LogP contribution >= 0.6 is 0 Å². The Labute approximate surface area is 178 Å². The first-order valence-electron chi connectivity index (χ1n) is 10.2. The molecule has 0 fully saturated rings. The Hall–Kier alpha value is -3.22. The summed E-state index contributed by atoms with van der Waals surface area (Å²) in [5, 5.41) is 8.72. The summed E-state index contributed by atoms with van der Waals surface area (Å²) in [4.78, 5) is 24.9. The van der Waals surface area contributed by atoms with E-state index in [2.05, 4.69) is 16.0 Å². The molecule has 2 rings (SSSR count). The molecule has 0 aromatic heterocycles. The van der Waals surface area contributed by atoms with Crippen LogP contribution in [0.15, 0.2) is 42.5 Å². The molecule has 0 aliphatic rings. The molecule has 0 radical (unpaired) electrons. The Kier molecular flexibility index (Phi) is 8.53. The Balaban J connectivity index is 2.25. The molecule has 0 atom stereocenters. The monoisotopic (exact) mass is 413 g/mol. The molecule has 2 aromatic rings. The van der Waals surface area contributed by atoms with Crippen LogP contribution in [0.5, 0.6) is 11.5 Å². The number of anilines is 2. The van der Waals surface area contributed by atoms with Crippen LogP contribution in [0.2, 0.25) is 0 Å². The van der Waals surface area contributed by atoms with Crippen molar-refractivity contribution in [2.75, 3.05) is 17.7 Å². The second-order valence-electron chi connectivity index (χ2n) is 7.15. The number of ether oxygens (including phenoxy) is 2. The Morgan fingerprint density at radius 2 is 1.60 bits per heavy atom. The van der Waals surface area contributed by atoms with Gasteiger partial charge in [-0.1, -0.05) is 13.8 Å². The summed E-state index contributed by atoms with van der Waals surface area (Å²) in [5.74, 6) is 0.416. The van der Waals surface area contributed by atoms with E-state index in [0.29, 0.717) is 17.2 Å². The standard InChI is InChI=1S/C23H31N3O4/c1-6-16(7-2)25-23(28)26-18-10-13-21(20(14-18)22(27)29-15(3)4)30-19-11-8-17(24-5)9-12-19/h8-16,24H,6-7H2,1-5H3,(H2,25,26,28). The number of benzene rings is 2. The summed E-state index contributed by atoms with van der Waals surface area (Å²) >= 11 is 0. The van der Waals surface area contributed by atoms with Gasteiger partial charge in [0.25, 0.3) is 0 Å². The molecular formula is C23H31N3O4. The van der Waals surface area contributed by atoms with Crippen molar-refractivity contribution in [1.29, 1.82) is 0 Å². The molecule has 0 bridgehead atoms. The van der Waals surface area contributed by atoms with Gasteiger partial charge < -0.3 is 25.4 Å². The number of carbonyl (C=O) groups excluding carboxylic acids is 2. The van der Waals surface area contributed by atoms with Gasteiger partial charge in [0.05, 0.1) is 6.10 Å². The van der Waals surface area contributed by atoms with Crippen LogP contribution in [0.4, 0.5) is 16.2 Å². The van der Waals surface area contributed by atoms with Crippen molar-refractivity contribution in [3.63, 3.8) is 0 Å². The summed E-state index contributed by atoms with van der Waals surface area (Å²) in [6.07, 6.45) is 1.40. The number of hydrogen-bond acceptors (Lipinski definition) is 5. The third-order valence-corrected chi connectivity index (χ3v) is 4.49. The van der Waals surface area contributed by atoms with E-state index in [9.17, 15) is 9.59 Å². The summed E-state index contributed by atoms with van der Waals surface area (Å²) < 4.78 is 11.3. The lowest BCUT2D eigenvalue weighted by Crippen LogP contribution is -2.37. The fourth-order valence-electron chi connectivity index (χ4n) is 2.80. The van der Waals surface area contributed by atoms with Crippen molar-refractivity contribution in [1.82, 2.24) is 5.32 Å². The molecule has 0 saturated heterocycles. The minimum absolute atomic E-state index is 0.0959. The van der Waals surface area contributed by atoms with Crippen LogP contribution in [-0.2, 0) is 4.74 Å². The SMILES string of the molecule is CCC(CC)NC(=O)Nc1ccc(Oc2ccc(NC)cc2)c(C(=O)OC(C)C)c1. The van der Waals surface area contributed by atoms with E-state index in [1.807, 2.05) is 33.0 Å². The fourth-order valence-corrected chi connectivity index (χ4v) is 2.80. The van der Waals surface area contributed by atoms with Crippen molar-refractivity contribution >= 4 is 23.4 Å². The molecule has 0 saturated carbocycles. The van der Waals surface area contributed by atoms with E-state index >= 15 is 0 Å². The molecule has 0 unspecified atom stereocenters. The van der Waals surface area contributed by atoms with Gasteiger partial charge in [-0.15, -0.1) is 0 Å². The molecule has 0 heterocycles. The highest BCUT2D eigenvalue weighted by atomic mass is 16.5. The van der Waals surface area contributed by atoms with Crippen LogP contribution in [0.25, 0.3) is 0 Å². The predicted octanol–water partition coefficient (Wildman–Crippen LogP) is 5.40. The first kappa shape index (κ1) is 23.1. The van der Waals surface area contributed by atoms with Crippen molar-refractivity contribution in [3.05, 3.63) is 48.0 Å².